The third kappa shape index (κ3) is 3.09. The number of ketones is 1. The van der Waals surface area contributed by atoms with E-state index in [0.717, 1.165) is 10.8 Å². The Labute approximate surface area is 169 Å². The van der Waals surface area contributed by atoms with Crippen molar-refractivity contribution in [1.29, 1.82) is 0 Å². The second-order valence-corrected chi connectivity index (χ2v) is 8.17. The lowest BCUT2D eigenvalue weighted by Crippen LogP contribution is -2.33. The SMILES string of the molecule is CC(C)(C)C(=O)C1=C(O)C(=O)N(c2cccc3ccccc23)C1c1ccccn1. The monoisotopic (exact) mass is 386 g/mol. The first-order valence-electron chi connectivity index (χ1n) is 9.51. The predicted molar refractivity (Wildman–Crippen MR) is 113 cm³/mol. The van der Waals surface area contributed by atoms with Crippen LogP contribution in [-0.4, -0.2) is 21.8 Å². The van der Waals surface area contributed by atoms with Crippen LogP contribution in [0.15, 0.2) is 78.2 Å². The van der Waals surface area contributed by atoms with E-state index < -0.39 is 23.1 Å². The number of amides is 1. The molecule has 2 aromatic carbocycles. The van der Waals surface area contributed by atoms with Crippen LogP contribution in [0.2, 0.25) is 0 Å². The molecule has 5 heteroatoms. The third-order valence-corrected chi connectivity index (χ3v) is 5.13. The van der Waals surface area contributed by atoms with Gasteiger partial charge in [-0.2, -0.15) is 0 Å². The van der Waals surface area contributed by atoms with Crippen molar-refractivity contribution in [2.24, 2.45) is 5.41 Å². The van der Waals surface area contributed by atoms with E-state index in [1.165, 1.54) is 4.90 Å². The summed E-state index contributed by atoms with van der Waals surface area (Å²) < 4.78 is 0. The summed E-state index contributed by atoms with van der Waals surface area (Å²) >= 11 is 0. The molecule has 0 saturated heterocycles. The summed E-state index contributed by atoms with van der Waals surface area (Å²) in [7, 11) is 0. The van der Waals surface area contributed by atoms with Crippen LogP contribution in [0.1, 0.15) is 32.5 Å². The van der Waals surface area contributed by atoms with Crippen LogP contribution in [0.4, 0.5) is 5.69 Å². The molecule has 146 valence electrons. The van der Waals surface area contributed by atoms with E-state index in [9.17, 15) is 14.7 Å². The number of fused-ring (bicyclic) bond motifs is 1. The second kappa shape index (κ2) is 6.85. The van der Waals surface area contributed by atoms with Gasteiger partial charge in [0, 0.05) is 17.0 Å². The molecule has 4 rings (SSSR count). The lowest BCUT2D eigenvalue weighted by atomic mass is 9.83. The highest BCUT2D eigenvalue weighted by atomic mass is 16.3. The van der Waals surface area contributed by atoms with Gasteiger partial charge in [0.2, 0.25) is 0 Å². The molecule has 0 fully saturated rings. The van der Waals surface area contributed by atoms with E-state index in [2.05, 4.69) is 4.98 Å². The van der Waals surface area contributed by atoms with Crippen molar-refractivity contribution in [1.82, 2.24) is 4.98 Å². The Morgan fingerprint density at radius 1 is 1.00 bits per heavy atom. The maximum atomic E-state index is 13.2. The zero-order valence-electron chi connectivity index (χ0n) is 16.6. The molecule has 5 nitrogen and oxygen atoms in total. The topological polar surface area (TPSA) is 70.5 Å². The Bertz CT molecular complexity index is 1140. The van der Waals surface area contributed by atoms with Gasteiger partial charge in [-0.15, -0.1) is 0 Å². The number of anilines is 1. The maximum Gasteiger partial charge on any atom is 0.294 e. The smallest absolute Gasteiger partial charge is 0.294 e. The highest BCUT2D eigenvalue weighted by Gasteiger charge is 2.47. The summed E-state index contributed by atoms with van der Waals surface area (Å²) in [4.78, 5) is 32.3. The molecule has 0 bridgehead atoms. The van der Waals surface area contributed by atoms with Gasteiger partial charge in [0.05, 0.1) is 17.0 Å². The number of nitrogens with zero attached hydrogens (tertiary/aromatic N) is 2. The summed E-state index contributed by atoms with van der Waals surface area (Å²) in [5.74, 6) is -1.38. The minimum atomic E-state index is -0.791. The van der Waals surface area contributed by atoms with Crippen LogP contribution in [0.5, 0.6) is 0 Å². The lowest BCUT2D eigenvalue weighted by molar-refractivity contribution is -0.123. The second-order valence-electron chi connectivity index (χ2n) is 8.17. The molecule has 0 saturated carbocycles. The standard InChI is InChI=1S/C24H22N2O3/c1-24(2,3)22(28)19-20(17-12-6-7-14-25-17)26(23(29)21(19)27)18-13-8-10-15-9-4-5-11-16(15)18/h4-14,20,27H,1-3H3. The largest absolute Gasteiger partial charge is 0.503 e. The van der Waals surface area contributed by atoms with E-state index in [1.807, 2.05) is 48.5 Å². The number of aromatic nitrogens is 1. The van der Waals surface area contributed by atoms with Gasteiger partial charge in [-0.1, -0.05) is 63.2 Å². The van der Waals surface area contributed by atoms with Gasteiger partial charge in [-0.05, 0) is 23.6 Å². The third-order valence-electron chi connectivity index (χ3n) is 5.13. The predicted octanol–water partition coefficient (Wildman–Crippen LogP) is 4.75. The summed E-state index contributed by atoms with van der Waals surface area (Å²) in [5.41, 5.74) is 0.498. The number of carbonyl (C=O) groups excluding carboxylic acids is 2. The molecule has 29 heavy (non-hydrogen) atoms. The van der Waals surface area contributed by atoms with Gasteiger partial charge in [0.1, 0.15) is 6.04 Å². The molecule has 2 heterocycles. The normalized spacial score (nSPS) is 17.3. The van der Waals surface area contributed by atoms with Crippen LogP contribution < -0.4 is 4.90 Å². The number of carbonyl (C=O) groups is 2. The number of hydrogen-bond acceptors (Lipinski definition) is 4. The van der Waals surface area contributed by atoms with Crippen molar-refractivity contribution < 1.29 is 14.7 Å². The van der Waals surface area contributed by atoms with Crippen molar-refractivity contribution in [3.63, 3.8) is 0 Å². The van der Waals surface area contributed by atoms with E-state index in [-0.39, 0.29) is 11.4 Å². The Kier molecular flexibility index (Phi) is 4.46. The van der Waals surface area contributed by atoms with Crippen LogP contribution in [0.3, 0.4) is 0 Å². The molecule has 1 aliphatic heterocycles. The molecule has 3 aromatic rings. The van der Waals surface area contributed by atoms with Gasteiger partial charge in [0.15, 0.2) is 11.5 Å². The zero-order valence-corrected chi connectivity index (χ0v) is 16.6. The van der Waals surface area contributed by atoms with Gasteiger partial charge in [-0.25, -0.2) is 0 Å². The molecular weight excluding hydrogens is 364 g/mol. The van der Waals surface area contributed by atoms with Crippen LogP contribution in [0.25, 0.3) is 10.8 Å². The Balaban J connectivity index is 1.97. The highest BCUT2D eigenvalue weighted by molar-refractivity contribution is 6.19. The summed E-state index contributed by atoms with van der Waals surface area (Å²) in [6.07, 6.45) is 1.62. The molecule has 1 aromatic heterocycles. The number of Topliss-reactive ketones (excluding diaryl/α,β-unsaturated/α-hetero) is 1. The molecule has 0 spiro atoms. The number of aliphatic hydroxyl groups is 1. The maximum absolute atomic E-state index is 13.2. The lowest BCUT2D eigenvalue weighted by Gasteiger charge is -2.29. The van der Waals surface area contributed by atoms with E-state index in [1.54, 1.807) is 39.1 Å². The first kappa shape index (κ1) is 18.9. The molecule has 0 aliphatic carbocycles. The molecule has 0 radical (unpaired) electrons. The number of aliphatic hydroxyl groups excluding tert-OH is 1. The van der Waals surface area contributed by atoms with E-state index >= 15 is 0 Å². The first-order chi connectivity index (χ1) is 13.8. The molecule has 1 amide bonds. The Morgan fingerprint density at radius 2 is 1.69 bits per heavy atom. The fourth-order valence-corrected chi connectivity index (χ4v) is 3.73. The summed E-state index contributed by atoms with van der Waals surface area (Å²) in [6.45, 7) is 5.32. The molecule has 1 atom stereocenters. The number of rotatable bonds is 3. The summed E-state index contributed by atoms with van der Waals surface area (Å²) in [6, 6.07) is 17.9. The minimum Gasteiger partial charge on any atom is -0.503 e. The van der Waals surface area contributed by atoms with Crippen molar-refractivity contribution in [3.8, 4) is 0 Å². The van der Waals surface area contributed by atoms with E-state index in [0.29, 0.717) is 11.4 Å². The zero-order chi connectivity index (χ0) is 20.8. The van der Waals surface area contributed by atoms with Crippen LogP contribution in [-0.2, 0) is 9.59 Å². The molecule has 1 aliphatic rings. The number of hydrogen-bond donors (Lipinski definition) is 1. The Morgan fingerprint density at radius 3 is 2.38 bits per heavy atom. The summed E-state index contributed by atoms with van der Waals surface area (Å²) in [5, 5.41) is 12.6. The fourth-order valence-electron chi connectivity index (χ4n) is 3.73. The van der Waals surface area contributed by atoms with Crippen LogP contribution in [0, 0.1) is 5.41 Å². The molecule has 1 N–H and O–H groups in total. The van der Waals surface area contributed by atoms with Gasteiger partial charge >= 0.3 is 0 Å². The van der Waals surface area contributed by atoms with Crippen molar-refractivity contribution in [2.75, 3.05) is 4.90 Å². The Hall–Kier alpha value is -3.47. The average Bonchev–Trinajstić information content (AvgIpc) is 2.97. The van der Waals surface area contributed by atoms with Crippen molar-refractivity contribution in [3.05, 3.63) is 83.9 Å². The van der Waals surface area contributed by atoms with Crippen molar-refractivity contribution in [2.45, 2.75) is 26.8 Å². The van der Waals surface area contributed by atoms with Crippen molar-refractivity contribution >= 4 is 28.2 Å². The highest BCUT2D eigenvalue weighted by Crippen LogP contribution is 2.44. The minimum absolute atomic E-state index is 0.0918. The number of pyridine rings is 1. The van der Waals surface area contributed by atoms with E-state index in [4.69, 9.17) is 0 Å². The van der Waals surface area contributed by atoms with Crippen LogP contribution >= 0.6 is 0 Å². The quantitative estimate of drug-likeness (QED) is 0.705. The molecular formula is C24H22N2O3. The fraction of sp³-hybridized carbons (Fsp3) is 0.208. The first-order valence-corrected chi connectivity index (χ1v) is 9.51. The van der Waals surface area contributed by atoms with Gasteiger partial charge in [0.25, 0.3) is 5.91 Å². The number of benzene rings is 2. The average molecular weight is 386 g/mol. The van der Waals surface area contributed by atoms with Gasteiger partial charge in [-0.3, -0.25) is 19.5 Å². The van der Waals surface area contributed by atoms with Gasteiger partial charge < -0.3 is 5.11 Å². The molecule has 1 unspecified atom stereocenters.